The highest BCUT2D eigenvalue weighted by molar-refractivity contribution is 7.91. The van der Waals surface area contributed by atoms with Gasteiger partial charge in [-0.25, -0.2) is 13.2 Å². The maximum atomic E-state index is 12.8. The third-order valence-electron chi connectivity index (χ3n) is 4.98. The Kier molecular flexibility index (Phi) is 7.89. The van der Waals surface area contributed by atoms with E-state index in [-0.39, 0.29) is 29.2 Å². The maximum Gasteiger partial charge on any atom is 0.338 e. The van der Waals surface area contributed by atoms with Crippen molar-refractivity contribution >= 4 is 21.7 Å². The zero-order valence-electron chi connectivity index (χ0n) is 17.3. The van der Waals surface area contributed by atoms with E-state index < -0.39 is 28.3 Å². The van der Waals surface area contributed by atoms with Crippen molar-refractivity contribution in [3.8, 4) is 11.5 Å². The van der Waals surface area contributed by atoms with Gasteiger partial charge in [0.15, 0.2) is 27.9 Å². The molecule has 0 saturated carbocycles. The van der Waals surface area contributed by atoms with E-state index in [1.165, 1.54) is 19.2 Å². The van der Waals surface area contributed by atoms with Gasteiger partial charge in [-0.15, -0.1) is 0 Å². The third-order valence-corrected chi connectivity index (χ3v) is 6.73. The summed E-state index contributed by atoms with van der Waals surface area (Å²) in [6, 6.07) is 4.10. The number of sulfone groups is 1. The van der Waals surface area contributed by atoms with Crippen molar-refractivity contribution in [3.05, 3.63) is 23.8 Å². The molecule has 1 aliphatic rings. The summed E-state index contributed by atoms with van der Waals surface area (Å²) in [5, 5.41) is 0. The Morgan fingerprint density at radius 2 is 1.97 bits per heavy atom. The van der Waals surface area contributed by atoms with Gasteiger partial charge in [0.05, 0.1) is 30.8 Å². The molecule has 8 nitrogen and oxygen atoms in total. The number of hydrogen-bond acceptors (Lipinski definition) is 7. The fourth-order valence-corrected chi connectivity index (χ4v) is 5.07. The third kappa shape index (κ3) is 5.85. The van der Waals surface area contributed by atoms with Crippen LogP contribution in [0.5, 0.6) is 11.5 Å². The van der Waals surface area contributed by atoms with Gasteiger partial charge in [-0.3, -0.25) is 4.79 Å². The fourth-order valence-electron chi connectivity index (χ4n) is 3.36. The number of ether oxygens (including phenoxy) is 3. The zero-order chi connectivity index (χ0) is 21.6. The topological polar surface area (TPSA) is 99.2 Å². The van der Waals surface area contributed by atoms with Crippen LogP contribution in [0.25, 0.3) is 0 Å². The molecule has 0 spiro atoms. The van der Waals surface area contributed by atoms with Gasteiger partial charge in [-0.05, 0) is 44.9 Å². The lowest BCUT2D eigenvalue weighted by Gasteiger charge is -2.33. The summed E-state index contributed by atoms with van der Waals surface area (Å²) in [7, 11) is -1.63. The molecule has 0 unspecified atom stereocenters. The van der Waals surface area contributed by atoms with Crippen LogP contribution in [0.3, 0.4) is 0 Å². The molecule has 0 aliphatic carbocycles. The summed E-state index contributed by atoms with van der Waals surface area (Å²) in [6.07, 6.45) is 1.08. The Morgan fingerprint density at radius 3 is 2.52 bits per heavy atom. The van der Waals surface area contributed by atoms with Gasteiger partial charge >= 0.3 is 5.97 Å². The van der Waals surface area contributed by atoms with E-state index in [0.717, 1.165) is 0 Å². The molecule has 1 aromatic rings. The monoisotopic (exact) mass is 427 g/mol. The number of benzene rings is 1. The van der Waals surface area contributed by atoms with Crippen molar-refractivity contribution in [3.63, 3.8) is 0 Å². The van der Waals surface area contributed by atoms with Crippen molar-refractivity contribution in [2.75, 3.05) is 31.8 Å². The first kappa shape index (κ1) is 23.0. The average molecular weight is 428 g/mol. The number of hydrogen-bond donors (Lipinski definition) is 0. The molecule has 0 aromatic heterocycles. The molecule has 162 valence electrons. The Labute approximate surface area is 172 Å². The molecule has 1 aliphatic heterocycles. The Morgan fingerprint density at radius 1 is 1.24 bits per heavy atom. The van der Waals surface area contributed by atoms with Crippen molar-refractivity contribution in [2.45, 2.75) is 45.7 Å². The van der Waals surface area contributed by atoms with Gasteiger partial charge in [0.2, 0.25) is 0 Å². The Balaban J connectivity index is 2.07. The molecule has 1 amide bonds. The van der Waals surface area contributed by atoms with Crippen LogP contribution in [0.4, 0.5) is 0 Å². The first-order valence-electron chi connectivity index (χ1n) is 9.71. The van der Waals surface area contributed by atoms with E-state index in [0.29, 0.717) is 30.9 Å². The standard InChI is InChI=1S/C20H29NO7S/c1-5-14(3)21(16-9-10-29(24,25)13-16)19(22)12-28-20(23)15-7-8-17(26-4)18(11-15)27-6-2/h7-8,11,14,16H,5-6,9-10,12-13H2,1-4H3/t14-,16+/m0/s1. The normalized spacial score (nSPS) is 18.7. The largest absolute Gasteiger partial charge is 0.493 e. The van der Waals surface area contributed by atoms with Crippen LogP contribution in [-0.4, -0.2) is 69.1 Å². The van der Waals surface area contributed by atoms with Gasteiger partial charge in [0.25, 0.3) is 5.91 Å². The van der Waals surface area contributed by atoms with Gasteiger partial charge in [-0.2, -0.15) is 0 Å². The highest BCUT2D eigenvalue weighted by Crippen LogP contribution is 2.28. The van der Waals surface area contributed by atoms with Gasteiger partial charge in [0, 0.05) is 12.1 Å². The molecule has 1 fully saturated rings. The molecular weight excluding hydrogens is 398 g/mol. The smallest absolute Gasteiger partial charge is 0.338 e. The second-order valence-electron chi connectivity index (χ2n) is 6.99. The number of esters is 1. The van der Waals surface area contributed by atoms with Crippen molar-refractivity contribution in [1.82, 2.24) is 4.90 Å². The van der Waals surface area contributed by atoms with Crippen LogP contribution in [0.1, 0.15) is 44.0 Å². The molecule has 9 heteroatoms. The maximum absolute atomic E-state index is 12.8. The highest BCUT2D eigenvalue weighted by atomic mass is 32.2. The first-order chi connectivity index (χ1) is 13.7. The molecule has 1 saturated heterocycles. The number of methoxy groups -OCH3 is 1. The van der Waals surface area contributed by atoms with E-state index in [9.17, 15) is 18.0 Å². The predicted molar refractivity (Wildman–Crippen MR) is 108 cm³/mol. The minimum atomic E-state index is -3.13. The molecular formula is C20H29NO7S. The van der Waals surface area contributed by atoms with Gasteiger partial charge < -0.3 is 19.1 Å². The number of carbonyl (C=O) groups is 2. The van der Waals surface area contributed by atoms with E-state index in [1.807, 2.05) is 20.8 Å². The van der Waals surface area contributed by atoms with Crippen molar-refractivity contribution < 1.29 is 32.2 Å². The molecule has 0 N–H and O–H groups in total. The summed E-state index contributed by atoms with van der Waals surface area (Å²) < 4.78 is 39.5. The first-order valence-corrected chi connectivity index (χ1v) is 11.5. The Bertz CT molecular complexity index is 837. The van der Waals surface area contributed by atoms with E-state index in [1.54, 1.807) is 11.0 Å². The zero-order valence-corrected chi connectivity index (χ0v) is 18.2. The highest BCUT2D eigenvalue weighted by Gasteiger charge is 2.36. The summed E-state index contributed by atoms with van der Waals surface area (Å²) >= 11 is 0. The number of carbonyl (C=O) groups excluding carboxylic acids is 2. The summed E-state index contributed by atoms with van der Waals surface area (Å²) in [4.78, 5) is 26.7. The van der Waals surface area contributed by atoms with Gasteiger partial charge in [0.1, 0.15) is 0 Å². The molecule has 0 bridgehead atoms. The van der Waals surface area contributed by atoms with Crippen molar-refractivity contribution in [1.29, 1.82) is 0 Å². The molecule has 2 rings (SSSR count). The van der Waals surface area contributed by atoms with Crippen LogP contribution in [-0.2, 0) is 19.4 Å². The summed E-state index contributed by atoms with van der Waals surface area (Å²) in [5.41, 5.74) is 0.237. The van der Waals surface area contributed by atoms with Crippen LogP contribution in [0, 0.1) is 0 Å². The number of rotatable bonds is 9. The molecule has 0 radical (unpaired) electrons. The molecule has 2 atom stereocenters. The Hall–Kier alpha value is -2.29. The van der Waals surface area contributed by atoms with Crippen LogP contribution in [0.2, 0.25) is 0 Å². The lowest BCUT2D eigenvalue weighted by Crippen LogP contribution is -2.48. The lowest BCUT2D eigenvalue weighted by atomic mass is 10.1. The fraction of sp³-hybridized carbons (Fsp3) is 0.600. The number of amides is 1. The minimum Gasteiger partial charge on any atom is -0.493 e. The predicted octanol–water partition coefficient (Wildman–Crippen LogP) is 2.06. The van der Waals surface area contributed by atoms with Crippen LogP contribution < -0.4 is 9.47 Å². The average Bonchev–Trinajstić information content (AvgIpc) is 3.05. The second-order valence-corrected chi connectivity index (χ2v) is 9.22. The van der Waals surface area contributed by atoms with E-state index in [2.05, 4.69) is 0 Å². The minimum absolute atomic E-state index is 0.0484. The van der Waals surface area contributed by atoms with Crippen molar-refractivity contribution in [2.24, 2.45) is 0 Å². The molecule has 1 heterocycles. The summed E-state index contributed by atoms with van der Waals surface area (Å²) in [5.74, 6) is -0.131. The van der Waals surface area contributed by atoms with E-state index >= 15 is 0 Å². The van der Waals surface area contributed by atoms with Crippen LogP contribution >= 0.6 is 0 Å². The SMILES string of the molecule is CCOc1cc(C(=O)OCC(=O)N([C@@H]2CCS(=O)(=O)C2)[C@@H](C)CC)ccc1OC. The lowest BCUT2D eigenvalue weighted by molar-refractivity contribution is -0.138. The summed E-state index contributed by atoms with van der Waals surface area (Å²) in [6.45, 7) is 5.56. The molecule has 29 heavy (non-hydrogen) atoms. The number of nitrogens with zero attached hydrogens (tertiary/aromatic N) is 1. The van der Waals surface area contributed by atoms with E-state index in [4.69, 9.17) is 14.2 Å². The second kappa shape index (κ2) is 9.96. The molecule has 1 aromatic carbocycles. The quantitative estimate of drug-likeness (QED) is 0.556. The van der Waals surface area contributed by atoms with Crippen LogP contribution in [0.15, 0.2) is 18.2 Å². The van der Waals surface area contributed by atoms with Gasteiger partial charge in [-0.1, -0.05) is 6.92 Å².